The van der Waals surface area contributed by atoms with Crippen LogP contribution < -0.4 is 20.3 Å². The third-order valence-electron chi connectivity index (χ3n) is 6.61. The van der Waals surface area contributed by atoms with Crippen molar-refractivity contribution >= 4 is 44.1 Å². The van der Waals surface area contributed by atoms with Crippen LogP contribution in [0.25, 0.3) is 11.0 Å². The summed E-state index contributed by atoms with van der Waals surface area (Å²) in [7, 11) is -3.68. The van der Waals surface area contributed by atoms with E-state index in [1.165, 1.54) is 6.07 Å². The Bertz CT molecular complexity index is 1560. The van der Waals surface area contributed by atoms with Gasteiger partial charge in [0.15, 0.2) is 0 Å². The predicted octanol–water partition coefficient (Wildman–Crippen LogP) is 4.26. The van der Waals surface area contributed by atoms with Crippen molar-refractivity contribution in [1.82, 2.24) is 19.9 Å². The van der Waals surface area contributed by atoms with Crippen molar-refractivity contribution in [3.05, 3.63) is 72.3 Å². The Hall–Kier alpha value is -3.77. The average Bonchev–Trinajstić information content (AvgIpc) is 3.31. The van der Waals surface area contributed by atoms with Gasteiger partial charge in [-0.2, -0.15) is 4.98 Å². The van der Waals surface area contributed by atoms with Gasteiger partial charge in [0, 0.05) is 49.1 Å². The van der Waals surface area contributed by atoms with Crippen molar-refractivity contribution in [1.29, 1.82) is 0 Å². The number of para-hydroxylation sites is 1. The predicted molar refractivity (Wildman–Crippen MR) is 150 cm³/mol. The summed E-state index contributed by atoms with van der Waals surface area (Å²) >= 11 is 0. The quantitative estimate of drug-likeness (QED) is 0.269. The molecule has 1 atom stereocenters. The van der Waals surface area contributed by atoms with Crippen molar-refractivity contribution < 1.29 is 17.2 Å². The number of anilines is 4. The smallest absolute Gasteiger partial charge is 0.232 e. The minimum atomic E-state index is -3.68. The van der Waals surface area contributed by atoms with E-state index in [4.69, 9.17) is 0 Å². The molecule has 2 aromatic carbocycles. The summed E-state index contributed by atoms with van der Waals surface area (Å²) in [5, 5.41) is 7.15. The lowest BCUT2D eigenvalue weighted by Crippen LogP contribution is -2.49. The molecule has 0 spiro atoms. The zero-order valence-corrected chi connectivity index (χ0v) is 22.4. The Balaban J connectivity index is 1.35. The topological polar surface area (TPSA) is 104 Å². The molecule has 4 aromatic rings. The fourth-order valence-corrected chi connectivity index (χ4v) is 5.78. The molecule has 206 valence electrons. The highest BCUT2D eigenvalue weighted by molar-refractivity contribution is 7.92. The fourth-order valence-electron chi connectivity index (χ4n) is 4.65. The van der Waals surface area contributed by atoms with Crippen molar-refractivity contribution in [2.24, 2.45) is 0 Å². The molecule has 3 N–H and O–H groups in total. The van der Waals surface area contributed by atoms with Gasteiger partial charge in [0.1, 0.15) is 11.5 Å². The van der Waals surface area contributed by atoms with Crippen molar-refractivity contribution in [3.8, 4) is 0 Å². The standard InChI is InChI=1S/C27H31F2N7O2S/c1-19-17-35(13-11-30-19)22-7-8-25(23(29)15-22)32-27-31-16-20-9-12-36(26(20)33-27)18-21-5-2-3-6-24(21)34-39(37,38)14-4-10-28/h2-3,5-9,12,15-16,19,30,34H,4,10-11,13-14,17-18H2,1H3,(H,31,32,33)/t19-/m0/s1. The molecule has 1 saturated heterocycles. The molecule has 0 bridgehead atoms. The van der Waals surface area contributed by atoms with Gasteiger partial charge in [-0.1, -0.05) is 18.2 Å². The first kappa shape index (κ1) is 26.8. The first-order chi connectivity index (χ1) is 18.8. The summed E-state index contributed by atoms with van der Waals surface area (Å²) in [5.41, 5.74) is 2.85. The largest absolute Gasteiger partial charge is 0.369 e. The first-order valence-electron chi connectivity index (χ1n) is 12.8. The highest BCUT2D eigenvalue weighted by Crippen LogP contribution is 2.26. The number of nitrogens with zero attached hydrogens (tertiary/aromatic N) is 4. The summed E-state index contributed by atoms with van der Waals surface area (Å²) in [6.07, 6.45) is 3.42. The Labute approximate surface area is 226 Å². The molecule has 3 heterocycles. The van der Waals surface area contributed by atoms with Crippen LogP contribution in [0, 0.1) is 5.82 Å². The highest BCUT2D eigenvalue weighted by atomic mass is 32.2. The zero-order chi connectivity index (χ0) is 27.4. The summed E-state index contributed by atoms with van der Waals surface area (Å²) < 4.78 is 56.6. The molecule has 0 amide bonds. The van der Waals surface area contributed by atoms with E-state index in [1.807, 2.05) is 35.0 Å². The third kappa shape index (κ3) is 6.45. The SMILES string of the molecule is C[C@H]1CN(c2ccc(Nc3ncc4ccn(Cc5ccccc5NS(=O)(=O)CCCF)c4n3)c(F)c2)CCN1. The van der Waals surface area contributed by atoms with E-state index in [0.717, 1.165) is 36.3 Å². The summed E-state index contributed by atoms with van der Waals surface area (Å²) in [6.45, 7) is 4.21. The summed E-state index contributed by atoms with van der Waals surface area (Å²) in [5.74, 6) is -0.449. The van der Waals surface area contributed by atoms with Crippen molar-refractivity contribution in [3.63, 3.8) is 0 Å². The maximum absolute atomic E-state index is 15.0. The molecule has 0 radical (unpaired) electrons. The maximum Gasteiger partial charge on any atom is 0.232 e. The van der Waals surface area contributed by atoms with Crippen LogP contribution in [0.3, 0.4) is 0 Å². The van der Waals surface area contributed by atoms with Gasteiger partial charge < -0.3 is 20.1 Å². The van der Waals surface area contributed by atoms with Gasteiger partial charge in [0.25, 0.3) is 0 Å². The van der Waals surface area contributed by atoms with E-state index < -0.39 is 22.5 Å². The van der Waals surface area contributed by atoms with E-state index >= 15 is 4.39 Å². The Morgan fingerprint density at radius 1 is 1.15 bits per heavy atom. The van der Waals surface area contributed by atoms with Gasteiger partial charge in [-0.05, 0) is 49.2 Å². The number of halogens is 2. The molecule has 0 aliphatic carbocycles. The van der Waals surface area contributed by atoms with Crippen molar-refractivity contribution in [2.75, 3.05) is 47.0 Å². The number of hydrogen-bond acceptors (Lipinski definition) is 7. The molecule has 0 saturated carbocycles. The van der Waals surface area contributed by atoms with Crippen LogP contribution in [0.5, 0.6) is 0 Å². The lowest BCUT2D eigenvalue weighted by molar-refractivity contribution is 0.484. The monoisotopic (exact) mass is 555 g/mol. The van der Waals surface area contributed by atoms with Crippen LogP contribution in [0.4, 0.5) is 31.8 Å². The number of nitrogens with one attached hydrogen (secondary N) is 3. The molecule has 12 heteroatoms. The maximum atomic E-state index is 15.0. The Morgan fingerprint density at radius 3 is 2.79 bits per heavy atom. The van der Waals surface area contributed by atoms with E-state index in [1.54, 1.807) is 24.4 Å². The lowest BCUT2D eigenvalue weighted by Gasteiger charge is -2.33. The number of rotatable bonds is 10. The van der Waals surface area contributed by atoms with E-state index in [-0.39, 0.29) is 23.8 Å². The molecule has 1 aliphatic rings. The molecule has 1 fully saturated rings. The minimum Gasteiger partial charge on any atom is -0.369 e. The number of benzene rings is 2. The second-order valence-corrected chi connectivity index (χ2v) is 11.5. The average molecular weight is 556 g/mol. The zero-order valence-electron chi connectivity index (χ0n) is 21.6. The van der Waals surface area contributed by atoms with Gasteiger partial charge in [0.2, 0.25) is 16.0 Å². The van der Waals surface area contributed by atoms with E-state index in [0.29, 0.717) is 23.9 Å². The molecule has 5 rings (SSSR count). The van der Waals surface area contributed by atoms with Crippen LogP contribution in [-0.4, -0.2) is 61.1 Å². The van der Waals surface area contributed by atoms with Gasteiger partial charge in [-0.25, -0.2) is 17.8 Å². The lowest BCUT2D eigenvalue weighted by atomic mass is 10.2. The summed E-state index contributed by atoms with van der Waals surface area (Å²) in [4.78, 5) is 11.1. The number of aromatic nitrogens is 3. The van der Waals surface area contributed by atoms with Crippen LogP contribution in [0.15, 0.2) is 60.9 Å². The molecular weight excluding hydrogens is 524 g/mol. The Kier molecular flexibility index (Phi) is 7.94. The number of fused-ring (bicyclic) bond motifs is 1. The van der Waals surface area contributed by atoms with Gasteiger partial charge >= 0.3 is 0 Å². The molecule has 0 unspecified atom stereocenters. The first-order valence-corrected chi connectivity index (χ1v) is 14.5. The van der Waals surface area contributed by atoms with Gasteiger partial charge in [-0.15, -0.1) is 0 Å². The molecule has 2 aromatic heterocycles. The number of alkyl halides is 1. The van der Waals surface area contributed by atoms with Crippen LogP contribution in [0.2, 0.25) is 0 Å². The van der Waals surface area contributed by atoms with Crippen LogP contribution in [0.1, 0.15) is 18.9 Å². The summed E-state index contributed by atoms with van der Waals surface area (Å²) in [6, 6.07) is 14.3. The van der Waals surface area contributed by atoms with Crippen LogP contribution in [-0.2, 0) is 16.6 Å². The molecule has 1 aliphatic heterocycles. The highest BCUT2D eigenvalue weighted by Gasteiger charge is 2.18. The fraction of sp³-hybridized carbons (Fsp3) is 0.333. The number of piperazine rings is 1. The molecule has 9 nitrogen and oxygen atoms in total. The second-order valence-electron chi connectivity index (χ2n) is 9.63. The van der Waals surface area contributed by atoms with E-state index in [2.05, 4.69) is 37.1 Å². The number of hydrogen-bond donors (Lipinski definition) is 3. The van der Waals surface area contributed by atoms with Crippen molar-refractivity contribution in [2.45, 2.75) is 25.9 Å². The third-order valence-corrected chi connectivity index (χ3v) is 7.96. The van der Waals surface area contributed by atoms with E-state index in [9.17, 15) is 12.8 Å². The van der Waals surface area contributed by atoms with Crippen LogP contribution >= 0.6 is 0 Å². The normalized spacial score (nSPS) is 16.0. The Morgan fingerprint density at radius 2 is 2.00 bits per heavy atom. The minimum absolute atomic E-state index is 0.0648. The molecular formula is C27H31F2N7O2S. The second kappa shape index (κ2) is 11.5. The molecule has 39 heavy (non-hydrogen) atoms. The number of sulfonamides is 1. The van der Waals surface area contributed by atoms with Gasteiger partial charge in [0.05, 0.1) is 30.3 Å². The van der Waals surface area contributed by atoms with Gasteiger partial charge in [-0.3, -0.25) is 9.11 Å².